The zero-order valence-electron chi connectivity index (χ0n) is 19.4. The number of para-hydroxylation sites is 1. The van der Waals surface area contributed by atoms with Crippen LogP contribution in [0, 0.1) is 17.2 Å². The molecule has 1 amide bonds. The van der Waals surface area contributed by atoms with Crippen LogP contribution < -0.4 is 10.5 Å². The first-order valence-corrected chi connectivity index (χ1v) is 13.2. The second-order valence-corrected chi connectivity index (χ2v) is 10.3. The molecule has 1 aliphatic heterocycles. The monoisotopic (exact) mass is 474 g/mol. The molecule has 1 saturated heterocycles. The third-order valence-electron chi connectivity index (χ3n) is 7.36. The van der Waals surface area contributed by atoms with E-state index in [2.05, 4.69) is 11.0 Å². The van der Waals surface area contributed by atoms with Gasteiger partial charge in [-0.1, -0.05) is 56.4 Å². The molecule has 0 spiro atoms. The largest absolute Gasteiger partial charge is 0.366 e. The van der Waals surface area contributed by atoms with E-state index in [4.69, 9.17) is 0 Å². The van der Waals surface area contributed by atoms with Gasteiger partial charge in [0, 0.05) is 38.1 Å². The highest BCUT2D eigenvalue weighted by atomic mass is 32.1. The van der Waals surface area contributed by atoms with E-state index in [1.807, 2.05) is 51.2 Å². The number of carbonyl (C=O) groups excluding carboxylic acids is 1. The summed E-state index contributed by atoms with van der Waals surface area (Å²) in [6, 6.07) is 13.9. The number of benzene rings is 1. The number of thiophene rings is 1. The Morgan fingerprint density at radius 2 is 1.79 bits per heavy atom. The lowest BCUT2D eigenvalue weighted by molar-refractivity contribution is 0.0751. The van der Waals surface area contributed by atoms with Crippen LogP contribution in [0.2, 0.25) is 0 Å². The van der Waals surface area contributed by atoms with Crippen LogP contribution in [-0.4, -0.2) is 41.6 Å². The summed E-state index contributed by atoms with van der Waals surface area (Å²) < 4.78 is 1.82. The Balaban J connectivity index is 1.43. The van der Waals surface area contributed by atoms with Crippen molar-refractivity contribution in [2.75, 3.05) is 31.1 Å². The third-order valence-corrected chi connectivity index (χ3v) is 8.22. The van der Waals surface area contributed by atoms with E-state index in [-0.39, 0.29) is 17.0 Å². The van der Waals surface area contributed by atoms with E-state index in [0.717, 1.165) is 27.9 Å². The Bertz CT molecular complexity index is 1260. The summed E-state index contributed by atoms with van der Waals surface area (Å²) in [5.41, 5.74) is 1.65. The molecular weight excluding hydrogens is 444 g/mol. The summed E-state index contributed by atoms with van der Waals surface area (Å²) in [6.45, 7) is 2.99. The summed E-state index contributed by atoms with van der Waals surface area (Å²) in [5, 5.41) is 12.9. The fraction of sp³-hybridized carbons (Fsp3) is 0.444. The predicted octanol–water partition coefficient (Wildman–Crippen LogP) is 4.87. The quantitative estimate of drug-likeness (QED) is 0.529. The number of aromatic nitrogens is 1. The fourth-order valence-corrected chi connectivity index (χ4v) is 6.21. The second kappa shape index (κ2) is 10.0. The average Bonchev–Trinajstić information content (AvgIpc) is 3.43. The topological polar surface area (TPSA) is 69.3 Å². The number of nitrogens with zero attached hydrogens (tertiary/aromatic N) is 4. The molecule has 3 aromatic rings. The molecule has 1 aliphatic carbocycles. The molecule has 7 heteroatoms. The summed E-state index contributed by atoms with van der Waals surface area (Å²) in [5.74, 6) is 0.719. The van der Waals surface area contributed by atoms with Crippen molar-refractivity contribution in [3.8, 4) is 6.07 Å². The average molecular weight is 475 g/mol. The van der Waals surface area contributed by atoms with Crippen LogP contribution in [0.3, 0.4) is 0 Å². The standard InChI is InChI=1S/C27H30N4O2S/c28-19-22-25(29-14-16-30(17-15-29)27(33)24-11-6-18-34-24)21-9-4-5-10-23(21)31(26(22)32)13-12-20-7-2-1-3-8-20/h4-6,9-11,18,20H,1-3,7-8,12-17H2. The molecule has 0 radical (unpaired) electrons. The summed E-state index contributed by atoms with van der Waals surface area (Å²) in [4.78, 5) is 31.0. The van der Waals surface area contributed by atoms with Gasteiger partial charge in [0.05, 0.1) is 16.1 Å². The summed E-state index contributed by atoms with van der Waals surface area (Å²) >= 11 is 1.46. The molecule has 1 saturated carbocycles. The van der Waals surface area contributed by atoms with Gasteiger partial charge >= 0.3 is 0 Å². The van der Waals surface area contributed by atoms with Crippen LogP contribution in [0.4, 0.5) is 5.69 Å². The molecule has 2 fully saturated rings. The van der Waals surface area contributed by atoms with Crippen LogP contribution in [0.25, 0.3) is 10.9 Å². The van der Waals surface area contributed by atoms with E-state index in [1.165, 1.54) is 43.4 Å². The first-order chi connectivity index (χ1) is 16.7. The molecule has 5 rings (SSSR count). The Labute approximate surface area is 204 Å². The van der Waals surface area contributed by atoms with Crippen molar-refractivity contribution in [3.63, 3.8) is 0 Å². The van der Waals surface area contributed by atoms with Gasteiger partial charge in [-0.05, 0) is 29.9 Å². The van der Waals surface area contributed by atoms with Crippen LogP contribution in [-0.2, 0) is 6.54 Å². The number of pyridine rings is 1. The van der Waals surface area contributed by atoms with Crippen molar-refractivity contribution in [2.45, 2.75) is 45.1 Å². The smallest absolute Gasteiger partial charge is 0.271 e. The number of fused-ring (bicyclic) bond motifs is 1. The highest BCUT2D eigenvalue weighted by Gasteiger charge is 2.27. The molecule has 3 heterocycles. The van der Waals surface area contributed by atoms with Gasteiger partial charge < -0.3 is 14.4 Å². The number of nitriles is 1. The lowest BCUT2D eigenvalue weighted by Crippen LogP contribution is -2.49. The minimum absolute atomic E-state index is 0.0538. The molecule has 176 valence electrons. The number of anilines is 1. The zero-order valence-corrected chi connectivity index (χ0v) is 20.2. The number of piperazine rings is 1. The maximum Gasteiger partial charge on any atom is 0.271 e. The number of amides is 1. The van der Waals surface area contributed by atoms with E-state index < -0.39 is 0 Å². The van der Waals surface area contributed by atoms with E-state index >= 15 is 0 Å². The Morgan fingerprint density at radius 3 is 2.50 bits per heavy atom. The minimum atomic E-state index is -0.191. The predicted molar refractivity (Wildman–Crippen MR) is 137 cm³/mol. The fourth-order valence-electron chi connectivity index (χ4n) is 5.52. The van der Waals surface area contributed by atoms with Crippen LogP contribution >= 0.6 is 11.3 Å². The van der Waals surface area contributed by atoms with Gasteiger partial charge in [-0.25, -0.2) is 0 Å². The van der Waals surface area contributed by atoms with Crippen molar-refractivity contribution in [2.24, 2.45) is 5.92 Å². The molecule has 2 aliphatic rings. The molecule has 34 heavy (non-hydrogen) atoms. The summed E-state index contributed by atoms with van der Waals surface area (Å²) in [6.07, 6.45) is 7.35. The highest BCUT2D eigenvalue weighted by Crippen LogP contribution is 2.31. The molecule has 0 N–H and O–H groups in total. The first kappa shape index (κ1) is 22.7. The van der Waals surface area contributed by atoms with Gasteiger partial charge in [-0.2, -0.15) is 5.26 Å². The molecular formula is C27H30N4O2S. The molecule has 1 aromatic carbocycles. The van der Waals surface area contributed by atoms with Gasteiger partial charge in [0.1, 0.15) is 11.6 Å². The number of hydrogen-bond acceptors (Lipinski definition) is 5. The Kier molecular flexibility index (Phi) is 6.68. The van der Waals surface area contributed by atoms with Gasteiger partial charge in [-0.3, -0.25) is 9.59 Å². The highest BCUT2D eigenvalue weighted by molar-refractivity contribution is 7.12. The lowest BCUT2D eigenvalue weighted by atomic mass is 9.87. The molecule has 6 nitrogen and oxygen atoms in total. The van der Waals surface area contributed by atoms with Crippen molar-refractivity contribution in [3.05, 3.63) is 62.6 Å². The minimum Gasteiger partial charge on any atom is -0.366 e. The normalized spacial score (nSPS) is 17.1. The number of aryl methyl sites for hydroxylation is 1. The van der Waals surface area contributed by atoms with Gasteiger partial charge in [-0.15, -0.1) is 11.3 Å². The van der Waals surface area contributed by atoms with Crippen LogP contribution in [0.5, 0.6) is 0 Å². The van der Waals surface area contributed by atoms with E-state index in [9.17, 15) is 14.9 Å². The van der Waals surface area contributed by atoms with Gasteiger partial charge in [0.2, 0.25) is 0 Å². The lowest BCUT2D eigenvalue weighted by Gasteiger charge is -2.37. The molecule has 0 bridgehead atoms. The second-order valence-electron chi connectivity index (χ2n) is 9.36. The maximum atomic E-state index is 13.5. The van der Waals surface area contributed by atoms with Crippen molar-refractivity contribution >= 4 is 33.8 Å². The SMILES string of the molecule is N#Cc1c(N2CCN(C(=O)c3cccs3)CC2)c2ccccc2n(CCC2CCCCC2)c1=O. The maximum absolute atomic E-state index is 13.5. The Morgan fingerprint density at radius 1 is 1.03 bits per heavy atom. The number of hydrogen-bond donors (Lipinski definition) is 0. The van der Waals surface area contributed by atoms with Crippen molar-refractivity contribution < 1.29 is 4.79 Å². The van der Waals surface area contributed by atoms with Gasteiger partial charge in [0.15, 0.2) is 0 Å². The van der Waals surface area contributed by atoms with Gasteiger partial charge in [0.25, 0.3) is 11.5 Å². The molecule has 2 aromatic heterocycles. The van der Waals surface area contributed by atoms with E-state index in [1.54, 1.807) is 0 Å². The zero-order chi connectivity index (χ0) is 23.5. The van der Waals surface area contributed by atoms with E-state index in [0.29, 0.717) is 38.6 Å². The number of carbonyl (C=O) groups is 1. The van der Waals surface area contributed by atoms with Crippen molar-refractivity contribution in [1.82, 2.24) is 9.47 Å². The van der Waals surface area contributed by atoms with Crippen LogP contribution in [0.1, 0.15) is 53.8 Å². The third kappa shape index (κ3) is 4.35. The van der Waals surface area contributed by atoms with Crippen LogP contribution in [0.15, 0.2) is 46.6 Å². The molecule has 0 atom stereocenters. The Hall–Kier alpha value is -3.11. The van der Waals surface area contributed by atoms with Crippen molar-refractivity contribution in [1.29, 1.82) is 5.26 Å². The number of rotatable bonds is 5. The molecule has 0 unspecified atom stereocenters. The first-order valence-electron chi connectivity index (χ1n) is 12.3. The summed E-state index contributed by atoms with van der Waals surface area (Å²) in [7, 11) is 0.